The molecule has 0 atom stereocenters. The fourth-order valence-electron chi connectivity index (χ4n) is 3.31. The van der Waals surface area contributed by atoms with Crippen LogP contribution in [0.1, 0.15) is 75.1 Å². The first-order chi connectivity index (χ1) is 11.1. The first-order valence-electron chi connectivity index (χ1n) is 8.40. The van der Waals surface area contributed by atoms with Gasteiger partial charge < -0.3 is 5.32 Å². The molecule has 0 unspecified atom stereocenters. The van der Waals surface area contributed by atoms with Gasteiger partial charge in [0.2, 0.25) is 5.91 Å². The number of halogens is 3. The third-order valence-corrected chi connectivity index (χ3v) is 5.45. The van der Waals surface area contributed by atoms with E-state index in [1.807, 2.05) is 0 Å². The van der Waals surface area contributed by atoms with Crippen LogP contribution in [-0.4, -0.2) is 21.7 Å². The molecule has 0 aromatic carbocycles. The highest BCUT2D eigenvalue weighted by Gasteiger charge is 2.34. The van der Waals surface area contributed by atoms with Gasteiger partial charge in [-0.1, -0.05) is 25.7 Å². The van der Waals surface area contributed by atoms with Gasteiger partial charge in [-0.25, -0.2) is 8.78 Å². The maximum atomic E-state index is 13.1. The number of alkyl halides is 2. The van der Waals surface area contributed by atoms with Crippen molar-refractivity contribution in [2.24, 2.45) is 0 Å². The molecule has 3 rings (SSSR count). The molecule has 4 nitrogen and oxygen atoms in total. The van der Waals surface area contributed by atoms with Gasteiger partial charge in [0.05, 0.1) is 10.2 Å². The van der Waals surface area contributed by atoms with E-state index in [1.54, 1.807) is 0 Å². The van der Waals surface area contributed by atoms with Crippen molar-refractivity contribution < 1.29 is 13.6 Å². The number of hydrogen-bond donors (Lipinski definition) is 1. The zero-order valence-electron chi connectivity index (χ0n) is 13.0. The number of nitrogens with zero attached hydrogens (tertiary/aromatic N) is 2. The van der Waals surface area contributed by atoms with E-state index in [2.05, 4.69) is 26.3 Å². The summed E-state index contributed by atoms with van der Waals surface area (Å²) in [6.45, 7) is 0.0215. The predicted octanol–water partition coefficient (Wildman–Crippen LogP) is 4.30. The second-order valence-electron chi connectivity index (χ2n) is 6.57. The van der Waals surface area contributed by atoms with Crippen LogP contribution in [0, 0.1) is 0 Å². The van der Waals surface area contributed by atoms with Crippen LogP contribution in [0.5, 0.6) is 0 Å². The van der Waals surface area contributed by atoms with Crippen molar-refractivity contribution in [3.63, 3.8) is 0 Å². The van der Waals surface area contributed by atoms with Gasteiger partial charge in [0, 0.05) is 12.0 Å². The smallest absolute Gasteiger partial charge is 0.283 e. The number of hydrogen-bond acceptors (Lipinski definition) is 2. The van der Waals surface area contributed by atoms with Crippen molar-refractivity contribution in [2.75, 3.05) is 0 Å². The van der Waals surface area contributed by atoms with Crippen molar-refractivity contribution in [3.8, 4) is 0 Å². The Hall–Kier alpha value is -0.980. The lowest BCUT2D eigenvalue weighted by molar-refractivity contribution is -0.122. The van der Waals surface area contributed by atoms with Gasteiger partial charge >= 0.3 is 0 Å². The zero-order valence-corrected chi connectivity index (χ0v) is 14.6. The topological polar surface area (TPSA) is 46.9 Å². The summed E-state index contributed by atoms with van der Waals surface area (Å²) in [7, 11) is 0. The van der Waals surface area contributed by atoms with Gasteiger partial charge in [-0.2, -0.15) is 5.10 Å². The van der Waals surface area contributed by atoms with Gasteiger partial charge in [-0.15, -0.1) is 0 Å². The molecule has 1 amide bonds. The number of carbonyl (C=O) groups is 1. The quantitative estimate of drug-likeness (QED) is 0.763. The van der Waals surface area contributed by atoms with E-state index in [1.165, 1.54) is 17.5 Å². The average Bonchev–Trinajstić information content (AvgIpc) is 3.29. The monoisotopic (exact) mass is 389 g/mol. The lowest BCUT2D eigenvalue weighted by atomic mass is 10.1. The van der Waals surface area contributed by atoms with Crippen molar-refractivity contribution in [1.82, 2.24) is 15.1 Å². The summed E-state index contributed by atoms with van der Waals surface area (Å²) in [6, 6.07) is 0.211. The van der Waals surface area contributed by atoms with E-state index in [0.29, 0.717) is 4.47 Å². The molecule has 128 valence electrons. The largest absolute Gasteiger partial charge is 0.352 e. The van der Waals surface area contributed by atoms with E-state index in [9.17, 15) is 13.6 Å². The predicted molar refractivity (Wildman–Crippen MR) is 86.5 cm³/mol. The summed E-state index contributed by atoms with van der Waals surface area (Å²) in [5.41, 5.74) is 0.491. The van der Waals surface area contributed by atoms with Crippen LogP contribution in [0.4, 0.5) is 8.78 Å². The molecule has 1 aromatic heterocycles. The third-order valence-electron chi connectivity index (χ3n) is 4.64. The summed E-state index contributed by atoms with van der Waals surface area (Å²) in [5.74, 6) is 0.115. The Morgan fingerprint density at radius 3 is 2.43 bits per heavy atom. The van der Waals surface area contributed by atoms with Crippen LogP contribution < -0.4 is 5.32 Å². The van der Waals surface area contributed by atoms with Crippen LogP contribution in [0.15, 0.2) is 4.47 Å². The number of nitrogens with one attached hydrogen (secondary N) is 1. The van der Waals surface area contributed by atoms with Crippen molar-refractivity contribution in [1.29, 1.82) is 0 Å². The van der Waals surface area contributed by atoms with Gasteiger partial charge in [0.1, 0.15) is 12.2 Å². The van der Waals surface area contributed by atoms with E-state index in [4.69, 9.17) is 0 Å². The summed E-state index contributed by atoms with van der Waals surface area (Å²) in [5, 5.41) is 7.03. The number of aromatic nitrogens is 2. The van der Waals surface area contributed by atoms with Crippen LogP contribution in [-0.2, 0) is 11.3 Å². The average molecular weight is 390 g/mol. The van der Waals surface area contributed by atoms with Crippen LogP contribution in [0.2, 0.25) is 0 Å². The first kappa shape index (κ1) is 16.9. The minimum Gasteiger partial charge on any atom is -0.352 e. The van der Waals surface area contributed by atoms with Crippen LogP contribution >= 0.6 is 15.9 Å². The molecule has 2 aliphatic rings. The van der Waals surface area contributed by atoms with E-state index >= 15 is 0 Å². The number of carbonyl (C=O) groups excluding carboxylic acids is 1. The number of rotatable bonds is 5. The second kappa shape index (κ2) is 7.28. The molecule has 2 fully saturated rings. The molecule has 2 saturated carbocycles. The van der Waals surface area contributed by atoms with Crippen molar-refractivity contribution >= 4 is 21.8 Å². The normalized spacial score (nSPS) is 19.8. The summed E-state index contributed by atoms with van der Waals surface area (Å²) < 4.78 is 27.9. The molecule has 7 heteroatoms. The van der Waals surface area contributed by atoms with Crippen molar-refractivity contribution in [2.45, 2.75) is 76.3 Å². The minimum atomic E-state index is -2.63. The molecule has 1 N–H and O–H groups in total. The maximum Gasteiger partial charge on any atom is 0.283 e. The Morgan fingerprint density at radius 1 is 1.22 bits per heavy atom. The molecule has 2 aliphatic carbocycles. The summed E-state index contributed by atoms with van der Waals surface area (Å²) >= 11 is 3.25. The molecule has 1 heterocycles. The molecule has 0 saturated heterocycles. The lowest BCUT2D eigenvalue weighted by Crippen LogP contribution is -2.37. The maximum absolute atomic E-state index is 13.1. The Labute approximate surface area is 143 Å². The SMILES string of the molecule is O=C(Cn1nc(C(F)F)c(Br)c1C1CC1)NC1CCCCCC1. The number of amides is 1. The second-order valence-corrected chi connectivity index (χ2v) is 7.37. The molecule has 0 aliphatic heterocycles. The Kier molecular flexibility index (Phi) is 5.34. The van der Waals surface area contributed by atoms with Gasteiger partial charge in [-0.3, -0.25) is 9.48 Å². The lowest BCUT2D eigenvalue weighted by Gasteiger charge is -2.16. The van der Waals surface area contributed by atoms with Gasteiger partial charge in [0.15, 0.2) is 0 Å². The molecule has 23 heavy (non-hydrogen) atoms. The molecule has 0 bridgehead atoms. The molecule has 1 aromatic rings. The Balaban J connectivity index is 1.69. The first-order valence-corrected chi connectivity index (χ1v) is 9.19. The molecule has 0 radical (unpaired) electrons. The Morgan fingerprint density at radius 2 is 1.87 bits per heavy atom. The standard InChI is InChI=1S/C16H22BrF2N3O/c17-13-14(16(18)19)21-22(15(13)10-7-8-10)9-12(23)20-11-5-3-1-2-4-6-11/h10-11,16H,1-9H2,(H,20,23). The fraction of sp³-hybridized carbons (Fsp3) is 0.750. The molecule has 0 spiro atoms. The van der Waals surface area contributed by atoms with Gasteiger partial charge in [0.25, 0.3) is 6.43 Å². The van der Waals surface area contributed by atoms with Crippen molar-refractivity contribution in [3.05, 3.63) is 15.9 Å². The summed E-state index contributed by atoms with van der Waals surface area (Å²) in [4.78, 5) is 12.3. The van der Waals surface area contributed by atoms with Gasteiger partial charge in [-0.05, 0) is 41.6 Å². The third kappa shape index (κ3) is 4.11. The van der Waals surface area contributed by atoms with E-state index < -0.39 is 6.43 Å². The van der Waals surface area contributed by atoms with Crippen LogP contribution in [0.25, 0.3) is 0 Å². The van der Waals surface area contributed by atoms with E-state index in [-0.39, 0.29) is 30.1 Å². The highest BCUT2D eigenvalue weighted by Crippen LogP contribution is 2.45. The van der Waals surface area contributed by atoms with Crippen LogP contribution in [0.3, 0.4) is 0 Å². The molecular formula is C16H22BrF2N3O. The Bertz CT molecular complexity index is 564. The zero-order chi connectivity index (χ0) is 16.4. The van der Waals surface area contributed by atoms with E-state index in [0.717, 1.165) is 44.2 Å². The highest BCUT2D eigenvalue weighted by molar-refractivity contribution is 9.10. The fourth-order valence-corrected chi connectivity index (χ4v) is 4.09. The summed E-state index contributed by atoms with van der Waals surface area (Å²) in [6.07, 6.45) is 6.05. The molecular weight excluding hydrogens is 368 g/mol. The minimum absolute atomic E-state index is 0.0215. The highest BCUT2D eigenvalue weighted by atomic mass is 79.9.